The molecule has 13 nitrogen and oxygen atoms in total. The minimum Gasteiger partial charge on any atom is -0.480 e. The zero-order valence-corrected chi connectivity index (χ0v) is 40.8. The minimum atomic E-state index is -4.88. The van der Waals surface area contributed by atoms with Crippen molar-refractivity contribution in [3.63, 3.8) is 0 Å². The zero-order valence-electron chi connectivity index (χ0n) is 40.8. The monoisotopic (exact) mass is 1040 g/mol. The van der Waals surface area contributed by atoms with Crippen molar-refractivity contribution in [2.24, 2.45) is 0 Å². The summed E-state index contributed by atoms with van der Waals surface area (Å²) in [5.74, 6) is -3.40. The predicted molar refractivity (Wildman–Crippen MR) is 263 cm³/mol. The van der Waals surface area contributed by atoms with E-state index in [1.54, 1.807) is 48.2 Å². The van der Waals surface area contributed by atoms with Gasteiger partial charge in [0, 0.05) is 48.5 Å². The van der Waals surface area contributed by atoms with Crippen molar-refractivity contribution in [3.8, 4) is 79.1 Å². The van der Waals surface area contributed by atoms with E-state index in [2.05, 4.69) is 20.3 Å². The van der Waals surface area contributed by atoms with E-state index < -0.39 is 47.8 Å². The van der Waals surface area contributed by atoms with E-state index in [0.717, 1.165) is 17.7 Å². The summed E-state index contributed by atoms with van der Waals surface area (Å²) in [7, 11) is 2.85. The average molecular weight is 1040 g/mol. The number of methoxy groups -OCH3 is 1. The Morgan fingerprint density at radius 1 is 0.613 bits per heavy atom. The highest BCUT2D eigenvalue weighted by molar-refractivity contribution is 5.82. The van der Waals surface area contributed by atoms with Gasteiger partial charge in [-0.15, -0.1) is 0 Å². The van der Waals surface area contributed by atoms with Crippen molar-refractivity contribution < 1.29 is 64.3 Å². The van der Waals surface area contributed by atoms with Crippen molar-refractivity contribution in [2.45, 2.75) is 58.9 Å². The van der Waals surface area contributed by atoms with Crippen LogP contribution in [0.4, 0.5) is 30.7 Å². The molecule has 0 unspecified atom stereocenters. The highest BCUT2D eigenvalue weighted by Crippen LogP contribution is 2.43. The molecule has 0 amide bonds. The molecule has 2 heterocycles. The van der Waals surface area contributed by atoms with Crippen LogP contribution in [0.15, 0.2) is 124 Å². The number of hydrogen-bond donors (Lipinski definition) is 2. The zero-order chi connectivity index (χ0) is 53.9. The molecule has 0 atom stereocenters. The van der Waals surface area contributed by atoms with E-state index in [9.17, 15) is 33.0 Å². The average Bonchev–Trinajstić information content (AvgIpc) is 4.06. The third kappa shape index (κ3) is 12.1. The molecule has 0 saturated carbocycles. The molecule has 75 heavy (non-hydrogen) atoms. The standard InChI is InChI=1S/C55H47F7N6O7/c1-30(2)68(28-48(71)72)25-32-11-14-33(15-12-32)50-63-53(74-65-50)36-17-19-42(46(24-36)55(60,61)62)43-22-34(13-10-31(43)3)37-21-38(26-67(4)27-47(69)70)49(56)44(23-37)51-64-52(75-66-51)35-16-18-40(39(20-35)29-73-5)41-8-6-7-9-45(41)54(57,58)59/h6-24,30H,25-29H2,1-5H3,(H,69,70)(H,71,72). The second-order valence-electron chi connectivity index (χ2n) is 18.1. The first-order valence-electron chi connectivity index (χ1n) is 23.2. The number of carbonyl (C=O) groups is 2. The van der Waals surface area contributed by atoms with Gasteiger partial charge in [0.05, 0.1) is 36.4 Å². The summed E-state index contributed by atoms with van der Waals surface area (Å²) >= 11 is 0. The van der Waals surface area contributed by atoms with Crippen LogP contribution < -0.4 is 0 Å². The number of aromatic nitrogens is 4. The number of benzene rings is 6. The van der Waals surface area contributed by atoms with Crippen LogP contribution in [0.1, 0.15) is 47.2 Å². The number of ether oxygens (including phenoxy) is 1. The van der Waals surface area contributed by atoms with Crippen molar-refractivity contribution in [1.29, 1.82) is 0 Å². The largest absolute Gasteiger partial charge is 0.480 e. The van der Waals surface area contributed by atoms with Gasteiger partial charge in [0.25, 0.3) is 11.8 Å². The highest BCUT2D eigenvalue weighted by atomic mass is 19.4. The van der Waals surface area contributed by atoms with E-state index in [-0.39, 0.29) is 93.7 Å². The molecule has 0 radical (unpaired) electrons. The Balaban J connectivity index is 1.14. The molecule has 0 saturated heterocycles. The van der Waals surface area contributed by atoms with Gasteiger partial charge in [-0.05, 0) is 126 Å². The lowest BCUT2D eigenvalue weighted by atomic mass is 9.90. The van der Waals surface area contributed by atoms with Crippen molar-refractivity contribution in [3.05, 3.63) is 154 Å². The van der Waals surface area contributed by atoms with Crippen LogP contribution in [0.5, 0.6) is 0 Å². The van der Waals surface area contributed by atoms with Crippen LogP contribution in [-0.4, -0.2) is 85.5 Å². The fourth-order valence-corrected chi connectivity index (χ4v) is 8.67. The molecular weight excluding hydrogens is 990 g/mol. The Morgan fingerprint density at radius 3 is 1.81 bits per heavy atom. The number of likely N-dealkylation sites (N-methyl/N-ethyl adjacent to an activating group) is 1. The predicted octanol–water partition coefficient (Wildman–Crippen LogP) is 12.6. The molecule has 8 aromatic rings. The van der Waals surface area contributed by atoms with E-state index in [0.29, 0.717) is 34.4 Å². The van der Waals surface area contributed by atoms with E-state index in [1.807, 2.05) is 13.8 Å². The summed E-state index contributed by atoms with van der Waals surface area (Å²) in [6, 6.07) is 27.7. The molecule has 0 bridgehead atoms. The van der Waals surface area contributed by atoms with Crippen LogP contribution in [-0.2, 0) is 46.4 Å². The molecule has 20 heteroatoms. The smallest absolute Gasteiger partial charge is 0.417 e. The molecule has 388 valence electrons. The summed E-state index contributed by atoms with van der Waals surface area (Å²) in [4.78, 5) is 35.0. The van der Waals surface area contributed by atoms with Crippen LogP contribution in [0, 0.1) is 12.7 Å². The molecule has 2 N–H and O–H groups in total. The lowest BCUT2D eigenvalue weighted by molar-refractivity contribution is -0.139. The number of alkyl halides is 6. The summed E-state index contributed by atoms with van der Waals surface area (Å²) < 4.78 is 121. The fourth-order valence-electron chi connectivity index (χ4n) is 8.67. The van der Waals surface area contributed by atoms with Crippen molar-refractivity contribution in [1.82, 2.24) is 30.1 Å². The molecule has 0 aliphatic rings. The summed E-state index contributed by atoms with van der Waals surface area (Å²) in [6.45, 7) is 4.85. The number of nitrogens with zero attached hydrogens (tertiary/aromatic N) is 6. The molecule has 0 aliphatic carbocycles. The Labute approximate surface area is 424 Å². The van der Waals surface area contributed by atoms with Gasteiger partial charge in [-0.2, -0.15) is 36.3 Å². The van der Waals surface area contributed by atoms with Crippen LogP contribution >= 0.6 is 0 Å². The topological polar surface area (TPSA) is 168 Å². The van der Waals surface area contributed by atoms with Gasteiger partial charge < -0.3 is 24.0 Å². The number of carboxylic acid groups (broad SMARTS) is 2. The van der Waals surface area contributed by atoms with Gasteiger partial charge >= 0.3 is 24.3 Å². The maximum absolute atomic E-state index is 16.7. The first-order chi connectivity index (χ1) is 35.6. The number of rotatable bonds is 18. The number of halogens is 7. The van der Waals surface area contributed by atoms with Crippen molar-refractivity contribution in [2.75, 3.05) is 27.2 Å². The lowest BCUT2D eigenvalue weighted by Gasteiger charge is -2.24. The quantitative estimate of drug-likeness (QED) is 0.0780. The molecule has 0 spiro atoms. The molecule has 0 aliphatic heterocycles. The van der Waals surface area contributed by atoms with E-state index in [1.165, 1.54) is 85.8 Å². The van der Waals surface area contributed by atoms with Gasteiger partial charge in [-0.3, -0.25) is 19.4 Å². The molecule has 2 aromatic heterocycles. The second-order valence-corrected chi connectivity index (χ2v) is 18.1. The molecule has 0 fully saturated rings. The molecule has 6 aromatic carbocycles. The summed E-state index contributed by atoms with van der Waals surface area (Å²) in [5, 5.41) is 26.9. The van der Waals surface area contributed by atoms with Crippen molar-refractivity contribution >= 4 is 11.9 Å². The highest BCUT2D eigenvalue weighted by Gasteiger charge is 2.36. The minimum absolute atomic E-state index is 0.00139. The normalized spacial score (nSPS) is 12.1. The molecular formula is C55H47F7N6O7. The SMILES string of the molecule is COCc1cc(-c2nc(-c3cc(-c4ccc(C)c(-c5ccc(-c6nc(-c7ccc(CN(CC(=O)O)C(C)C)cc7)no6)cc5C(F)(F)F)c4)cc(CN(C)CC(=O)O)c3F)no2)ccc1-c1ccccc1C(F)(F)F. The Kier molecular flexibility index (Phi) is 15.5. The van der Waals surface area contributed by atoms with E-state index in [4.69, 9.17) is 13.8 Å². The Morgan fingerprint density at radius 2 is 1.17 bits per heavy atom. The number of aliphatic carboxylic acids is 2. The molecule has 8 rings (SSSR count). The van der Waals surface area contributed by atoms with Gasteiger partial charge in [0.15, 0.2) is 0 Å². The fraction of sp³-hybridized carbons (Fsp3) is 0.236. The van der Waals surface area contributed by atoms with Gasteiger partial charge in [0.2, 0.25) is 11.6 Å². The van der Waals surface area contributed by atoms with Crippen LogP contribution in [0.2, 0.25) is 0 Å². The van der Waals surface area contributed by atoms with Crippen LogP contribution in [0.25, 0.3) is 79.1 Å². The first-order valence-corrected chi connectivity index (χ1v) is 23.2. The maximum Gasteiger partial charge on any atom is 0.417 e. The maximum atomic E-state index is 16.7. The number of carboxylic acids is 2. The number of aryl methyl sites for hydroxylation is 1. The van der Waals surface area contributed by atoms with Gasteiger partial charge in [-0.1, -0.05) is 77.0 Å². The summed E-state index contributed by atoms with van der Waals surface area (Å²) in [6.07, 6.45) is -9.53. The second kappa shape index (κ2) is 21.8. The van der Waals surface area contributed by atoms with Crippen LogP contribution in [0.3, 0.4) is 0 Å². The lowest BCUT2D eigenvalue weighted by Crippen LogP contribution is -2.35. The van der Waals surface area contributed by atoms with E-state index >= 15 is 17.6 Å². The third-order valence-corrected chi connectivity index (χ3v) is 12.4. The summed E-state index contributed by atoms with van der Waals surface area (Å²) in [5.41, 5.74) is 1.19. The Hall–Kier alpha value is -8.07. The first kappa shape index (κ1) is 53.2. The number of hydrogen-bond acceptors (Lipinski definition) is 11. The Bertz CT molecular complexity index is 3390. The third-order valence-electron chi connectivity index (χ3n) is 12.4. The van der Waals surface area contributed by atoms with Gasteiger partial charge in [-0.25, -0.2) is 4.39 Å². The van der Waals surface area contributed by atoms with Gasteiger partial charge in [0.1, 0.15) is 5.82 Å².